The summed E-state index contributed by atoms with van der Waals surface area (Å²) in [6.45, 7) is 3.44. The summed E-state index contributed by atoms with van der Waals surface area (Å²) in [7, 11) is -3.29. The number of benzene rings is 2. The van der Waals surface area contributed by atoms with Gasteiger partial charge in [0.05, 0.1) is 24.2 Å². The molecule has 0 aromatic heterocycles. The van der Waals surface area contributed by atoms with E-state index < -0.39 is 10.0 Å². The van der Waals surface area contributed by atoms with E-state index in [4.69, 9.17) is 0 Å². The first-order valence-electron chi connectivity index (χ1n) is 9.68. The molecule has 8 heteroatoms. The normalized spacial score (nSPS) is 17.4. The highest BCUT2D eigenvalue weighted by Gasteiger charge is 2.27. The van der Waals surface area contributed by atoms with Crippen molar-refractivity contribution < 1.29 is 17.6 Å². The van der Waals surface area contributed by atoms with Gasteiger partial charge in [0.1, 0.15) is 5.82 Å². The first-order chi connectivity index (χ1) is 13.8. The van der Waals surface area contributed by atoms with Crippen LogP contribution in [0.2, 0.25) is 0 Å². The molecule has 2 aliphatic rings. The highest BCUT2D eigenvalue weighted by molar-refractivity contribution is 7.92. The van der Waals surface area contributed by atoms with Crippen molar-refractivity contribution in [2.75, 3.05) is 54.7 Å². The molecule has 2 aliphatic heterocycles. The number of halogens is 1. The van der Waals surface area contributed by atoms with Gasteiger partial charge in [0.2, 0.25) is 10.0 Å². The number of hydrogen-bond acceptors (Lipinski definition) is 5. The van der Waals surface area contributed by atoms with E-state index in [0.717, 1.165) is 5.56 Å². The number of para-hydroxylation sites is 1. The van der Waals surface area contributed by atoms with Gasteiger partial charge in [0.15, 0.2) is 5.78 Å². The van der Waals surface area contributed by atoms with Crippen LogP contribution in [0.5, 0.6) is 0 Å². The number of piperazine rings is 1. The van der Waals surface area contributed by atoms with Crippen LogP contribution in [0, 0.1) is 5.82 Å². The van der Waals surface area contributed by atoms with Crippen LogP contribution in [0.15, 0.2) is 42.5 Å². The maximum Gasteiger partial charge on any atom is 0.232 e. The van der Waals surface area contributed by atoms with Gasteiger partial charge in [-0.3, -0.25) is 14.0 Å². The van der Waals surface area contributed by atoms with Gasteiger partial charge in [-0.2, -0.15) is 0 Å². The summed E-state index contributed by atoms with van der Waals surface area (Å²) in [6, 6.07) is 12.0. The van der Waals surface area contributed by atoms with Crippen LogP contribution in [0.3, 0.4) is 0 Å². The van der Waals surface area contributed by atoms with Gasteiger partial charge in [0.25, 0.3) is 0 Å². The average Bonchev–Trinajstić information content (AvgIpc) is 3.13. The molecular weight excluding hydrogens is 393 g/mol. The van der Waals surface area contributed by atoms with Crippen LogP contribution in [-0.2, 0) is 16.4 Å². The lowest BCUT2D eigenvalue weighted by atomic mass is 10.0. The molecule has 0 unspecified atom stereocenters. The van der Waals surface area contributed by atoms with Crippen molar-refractivity contribution in [2.24, 2.45) is 0 Å². The highest BCUT2D eigenvalue weighted by Crippen LogP contribution is 2.31. The third-order valence-corrected chi connectivity index (χ3v) is 6.77. The smallest absolute Gasteiger partial charge is 0.232 e. The van der Waals surface area contributed by atoms with Crippen molar-refractivity contribution in [3.63, 3.8) is 0 Å². The van der Waals surface area contributed by atoms with Crippen LogP contribution < -0.4 is 9.21 Å². The van der Waals surface area contributed by atoms with Gasteiger partial charge in [0, 0.05) is 38.3 Å². The van der Waals surface area contributed by atoms with Gasteiger partial charge in [-0.05, 0) is 42.3 Å². The Morgan fingerprint density at radius 3 is 2.41 bits per heavy atom. The van der Waals surface area contributed by atoms with Gasteiger partial charge in [-0.25, -0.2) is 12.8 Å². The maximum atomic E-state index is 14.0. The Kier molecular flexibility index (Phi) is 5.31. The maximum absolute atomic E-state index is 14.0. The fraction of sp³-hybridized carbons (Fsp3) is 0.381. The number of anilines is 2. The number of hydrogen-bond donors (Lipinski definition) is 0. The Morgan fingerprint density at radius 2 is 1.72 bits per heavy atom. The molecule has 1 saturated heterocycles. The Bertz CT molecular complexity index is 1030. The van der Waals surface area contributed by atoms with Crippen LogP contribution in [0.25, 0.3) is 0 Å². The first kappa shape index (κ1) is 19.8. The Morgan fingerprint density at radius 1 is 1.00 bits per heavy atom. The minimum absolute atomic E-state index is 0.0185. The molecule has 0 saturated carbocycles. The van der Waals surface area contributed by atoms with E-state index in [0.29, 0.717) is 62.6 Å². The SMILES string of the molecule is CS(=O)(=O)N1CCc2cc(C(=O)CN3CCN(c4ccccc4F)CC3)ccc21. The lowest BCUT2D eigenvalue weighted by molar-refractivity contribution is 0.0926. The van der Waals surface area contributed by atoms with E-state index in [1.165, 1.54) is 16.6 Å². The zero-order chi connectivity index (χ0) is 20.6. The molecule has 2 aromatic carbocycles. The third kappa shape index (κ3) is 4.13. The van der Waals surface area contributed by atoms with Crippen LogP contribution in [-0.4, -0.2) is 64.6 Å². The Labute approximate surface area is 170 Å². The second kappa shape index (κ2) is 7.76. The van der Waals surface area contributed by atoms with E-state index in [2.05, 4.69) is 4.90 Å². The van der Waals surface area contributed by atoms with Crippen molar-refractivity contribution in [2.45, 2.75) is 6.42 Å². The molecule has 0 bridgehead atoms. The number of ketones is 1. The summed E-state index contributed by atoms with van der Waals surface area (Å²) in [4.78, 5) is 16.8. The number of fused-ring (bicyclic) bond motifs is 1. The fourth-order valence-electron chi connectivity index (χ4n) is 4.04. The first-order valence-corrected chi connectivity index (χ1v) is 11.5. The van der Waals surface area contributed by atoms with Crippen molar-refractivity contribution >= 4 is 27.2 Å². The molecule has 4 rings (SSSR count). The average molecular weight is 418 g/mol. The van der Waals surface area contributed by atoms with Crippen molar-refractivity contribution in [3.8, 4) is 0 Å². The van der Waals surface area contributed by atoms with Gasteiger partial charge in [-0.15, -0.1) is 0 Å². The van der Waals surface area contributed by atoms with Crippen LogP contribution >= 0.6 is 0 Å². The Balaban J connectivity index is 1.38. The predicted octanol–water partition coefficient (Wildman–Crippen LogP) is 2.15. The summed E-state index contributed by atoms with van der Waals surface area (Å²) < 4.78 is 39.1. The largest absolute Gasteiger partial charge is 0.367 e. The van der Waals surface area contributed by atoms with Crippen molar-refractivity contribution in [1.29, 1.82) is 0 Å². The third-order valence-electron chi connectivity index (χ3n) is 5.59. The molecule has 29 heavy (non-hydrogen) atoms. The van der Waals surface area contributed by atoms with E-state index in [1.54, 1.807) is 24.3 Å². The van der Waals surface area contributed by atoms with Gasteiger partial charge < -0.3 is 4.90 Å². The molecule has 2 heterocycles. The molecule has 0 atom stereocenters. The van der Waals surface area contributed by atoms with Crippen molar-refractivity contribution in [3.05, 3.63) is 59.4 Å². The van der Waals surface area contributed by atoms with Crippen LogP contribution in [0.4, 0.5) is 15.8 Å². The van der Waals surface area contributed by atoms with E-state index in [1.807, 2.05) is 17.0 Å². The van der Waals surface area contributed by atoms with E-state index >= 15 is 0 Å². The highest BCUT2D eigenvalue weighted by atomic mass is 32.2. The topological polar surface area (TPSA) is 60.9 Å². The summed E-state index contributed by atoms with van der Waals surface area (Å²) in [5, 5.41) is 0. The molecule has 6 nitrogen and oxygen atoms in total. The van der Waals surface area contributed by atoms with Gasteiger partial charge >= 0.3 is 0 Å². The second-order valence-corrected chi connectivity index (χ2v) is 9.47. The molecular formula is C21H24FN3O3S. The number of sulfonamides is 1. The lowest BCUT2D eigenvalue weighted by Gasteiger charge is -2.35. The molecule has 0 spiro atoms. The summed E-state index contributed by atoms with van der Waals surface area (Å²) in [5.74, 6) is -0.205. The zero-order valence-electron chi connectivity index (χ0n) is 16.3. The molecule has 2 aromatic rings. The van der Waals surface area contributed by atoms with Crippen LogP contribution in [0.1, 0.15) is 15.9 Å². The molecule has 154 valence electrons. The zero-order valence-corrected chi connectivity index (χ0v) is 17.2. The standard InChI is InChI=1S/C21H24FN3O3S/c1-29(27,28)25-9-8-16-14-17(6-7-19(16)25)21(26)15-23-10-12-24(13-11-23)20-5-3-2-4-18(20)22/h2-7,14H,8-13,15H2,1H3. The molecule has 0 amide bonds. The summed E-state index contributed by atoms with van der Waals surface area (Å²) >= 11 is 0. The monoisotopic (exact) mass is 417 g/mol. The number of nitrogens with zero attached hydrogens (tertiary/aromatic N) is 3. The number of rotatable bonds is 5. The second-order valence-electron chi connectivity index (χ2n) is 7.57. The lowest BCUT2D eigenvalue weighted by Crippen LogP contribution is -2.48. The minimum atomic E-state index is -3.29. The summed E-state index contributed by atoms with van der Waals surface area (Å²) in [5.41, 5.74) is 2.77. The predicted molar refractivity (Wildman–Crippen MR) is 112 cm³/mol. The Hall–Kier alpha value is -2.45. The quantitative estimate of drug-likeness (QED) is 0.698. The number of carbonyl (C=O) groups is 1. The van der Waals surface area contributed by atoms with Gasteiger partial charge in [-0.1, -0.05) is 12.1 Å². The number of carbonyl (C=O) groups excluding carboxylic acids is 1. The van der Waals surface area contributed by atoms with Crippen molar-refractivity contribution in [1.82, 2.24) is 4.90 Å². The summed E-state index contributed by atoms with van der Waals surface area (Å²) in [6.07, 6.45) is 1.81. The molecule has 0 radical (unpaired) electrons. The van der Waals surface area contributed by atoms with E-state index in [9.17, 15) is 17.6 Å². The van der Waals surface area contributed by atoms with E-state index in [-0.39, 0.29) is 11.6 Å². The fourth-order valence-corrected chi connectivity index (χ4v) is 5.00. The number of Topliss-reactive ketones (excluding diaryl/α,β-unsaturated/α-hetero) is 1. The molecule has 0 aliphatic carbocycles. The molecule has 1 fully saturated rings. The molecule has 0 N–H and O–H groups in total. The minimum Gasteiger partial charge on any atom is -0.367 e.